The lowest BCUT2D eigenvalue weighted by Crippen LogP contribution is -2.47. The van der Waals surface area contributed by atoms with Crippen molar-refractivity contribution in [3.8, 4) is 11.5 Å². The number of phenolic OH excluding ortho intramolecular Hbond substituents is 1. The van der Waals surface area contributed by atoms with Gasteiger partial charge in [0.1, 0.15) is 11.5 Å². The minimum absolute atomic E-state index is 0.00987. The Labute approximate surface area is 151 Å². The molecule has 0 aromatic heterocycles. The number of ketones is 2. The molecule has 1 N–H and O–H groups in total. The van der Waals surface area contributed by atoms with E-state index in [-0.39, 0.29) is 28.8 Å². The quantitative estimate of drug-likeness (QED) is 0.744. The summed E-state index contributed by atoms with van der Waals surface area (Å²) in [6, 6.07) is 4.64. The average Bonchev–Trinajstić information content (AvgIpc) is 2.66. The zero-order valence-corrected chi connectivity index (χ0v) is 14.9. The number of allylic oxidation sites excluding steroid dienone is 2. The first kappa shape index (κ1) is 19.3. The van der Waals surface area contributed by atoms with E-state index in [1.807, 2.05) is 0 Å². The fraction of sp³-hybridized carbons (Fsp3) is 0.263. The fourth-order valence-corrected chi connectivity index (χ4v) is 2.66. The van der Waals surface area contributed by atoms with Crippen LogP contribution in [-0.4, -0.2) is 50.7 Å². The van der Waals surface area contributed by atoms with Gasteiger partial charge in [0.25, 0.3) is 0 Å². The number of hydrogen-bond acceptors (Lipinski definition) is 7. The molecule has 0 saturated heterocycles. The molecule has 2 rings (SSSR count). The zero-order chi connectivity index (χ0) is 19.3. The Kier molecular flexibility index (Phi) is 5.84. The van der Waals surface area contributed by atoms with Gasteiger partial charge in [-0.1, -0.05) is 12.1 Å². The molecule has 0 aliphatic heterocycles. The Morgan fingerprint density at radius 1 is 1.04 bits per heavy atom. The van der Waals surface area contributed by atoms with E-state index in [9.17, 15) is 14.7 Å². The highest BCUT2D eigenvalue weighted by atomic mass is 16.6. The smallest absolute Gasteiger partial charge is 0.244 e. The van der Waals surface area contributed by atoms with Crippen LogP contribution in [0.25, 0.3) is 6.08 Å². The van der Waals surface area contributed by atoms with Crippen LogP contribution < -0.4 is 4.74 Å². The summed E-state index contributed by atoms with van der Waals surface area (Å²) in [6.07, 6.45) is 5.18. The molecule has 7 heteroatoms. The van der Waals surface area contributed by atoms with Crippen LogP contribution in [0, 0.1) is 0 Å². The molecule has 1 aliphatic rings. The van der Waals surface area contributed by atoms with E-state index >= 15 is 0 Å². The maximum Gasteiger partial charge on any atom is 0.244 e. The Morgan fingerprint density at radius 3 is 2.15 bits per heavy atom. The molecule has 0 saturated carbocycles. The highest BCUT2D eigenvalue weighted by Crippen LogP contribution is 2.35. The molecule has 1 aromatic carbocycles. The molecule has 0 heterocycles. The predicted octanol–water partition coefficient (Wildman–Crippen LogP) is 2.01. The van der Waals surface area contributed by atoms with Crippen LogP contribution in [0.3, 0.4) is 0 Å². The van der Waals surface area contributed by atoms with E-state index in [2.05, 4.69) is 0 Å². The minimum atomic E-state index is -1.69. The van der Waals surface area contributed by atoms with Gasteiger partial charge in [-0.05, 0) is 23.8 Å². The first-order valence-electron chi connectivity index (χ1n) is 7.63. The number of hydrogen-bond donors (Lipinski definition) is 1. The van der Waals surface area contributed by atoms with Crippen LogP contribution in [-0.2, 0) is 23.8 Å². The molecule has 7 nitrogen and oxygen atoms in total. The lowest BCUT2D eigenvalue weighted by atomic mass is 9.87. The molecular weight excluding hydrogens is 340 g/mol. The van der Waals surface area contributed by atoms with Crippen molar-refractivity contribution in [3.05, 3.63) is 53.5 Å². The topological polar surface area (TPSA) is 91.3 Å². The Bertz CT molecular complexity index is 778. The first-order chi connectivity index (χ1) is 12.4. The van der Waals surface area contributed by atoms with Gasteiger partial charge in [0.15, 0.2) is 17.3 Å². The number of ether oxygens (including phenoxy) is 4. The largest absolute Gasteiger partial charge is 0.504 e. The normalized spacial score (nSPS) is 16.1. The van der Waals surface area contributed by atoms with Crippen molar-refractivity contribution in [1.82, 2.24) is 0 Å². The second kappa shape index (κ2) is 7.88. The van der Waals surface area contributed by atoms with Gasteiger partial charge in [0.05, 0.1) is 21.3 Å². The van der Waals surface area contributed by atoms with Crippen molar-refractivity contribution in [3.63, 3.8) is 0 Å². The minimum Gasteiger partial charge on any atom is -0.504 e. The lowest BCUT2D eigenvalue weighted by Gasteiger charge is -2.33. The number of benzene rings is 1. The van der Waals surface area contributed by atoms with Crippen molar-refractivity contribution < 1.29 is 33.6 Å². The van der Waals surface area contributed by atoms with Crippen molar-refractivity contribution >= 4 is 17.6 Å². The number of phenols is 1. The van der Waals surface area contributed by atoms with Crippen LogP contribution in [0.4, 0.5) is 0 Å². The van der Waals surface area contributed by atoms with Crippen molar-refractivity contribution in [2.24, 2.45) is 0 Å². The molecular formula is C19H20O7. The third-order valence-corrected chi connectivity index (χ3v) is 3.96. The van der Waals surface area contributed by atoms with Crippen molar-refractivity contribution in [2.75, 3.05) is 28.4 Å². The second-order valence-electron chi connectivity index (χ2n) is 5.34. The average molecular weight is 360 g/mol. The van der Waals surface area contributed by atoms with Crippen LogP contribution in [0.1, 0.15) is 5.56 Å². The van der Waals surface area contributed by atoms with Crippen LogP contribution in [0.15, 0.2) is 47.9 Å². The van der Waals surface area contributed by atoms with Crippen LogP contribution >= 0.6 is 0 Å². The van der Waals surface area contributed by atoms with Gasteiger partial charge >= 0.3 is 0 Å². The van der Waals surface area contributed by atoms with E-state index in [0.29, 0.717) is 5.56 Å². The third kappa shape index (κ3) is 3.34. The highest BCUT2D eigenvalue weighted by Gasteiger charge is 2.50. The Morgan fingerprint density at radius 2 is 1.65 bits per heavy atom. The van der Waals surface area contributed by atoms with Crippen molar-refractivity contribution in [1.29, 1.82) is 0 Å². The number of aromatic hydroxyl groups is 1. The maximum absolute atomic E-state index is 12.9. The predicted molar refractivity (Wildman–Crippen MR) is 93.6 cm³/mol. The summed E-state index contributed by atoms with van der Waals surface area (Å²) in [5.74, 6) is -0.541. The number of methoxy groups -OCH3 is 4. The van der Waals surface area contributed by atoms with E-state index in [0.717, 1.165) is 0 Å². The van der Waals surface area contributed by atoms with Gasteiger partial charge in [-0.15, -0.1) is 0 Å². The standard InChI is InChI=1S/C19H20O7/c1-23-15-9-12(5-7-14(15)21)6-8-16(22)19(26-4)17(24-2)10-13(20)11-18(19)25-3/h5-11,21H,1-4H3. The van der Waals surface area contributed by atoms with Gasteiger partial charge < -0.3 is 24.1 Å². The highest BCUT2D eigenvalue weighted by molar-refractivity contribution is 6.10. The van der Waals surface area contributed by atoms with Crippen LogP contribution in [0.2, 0.25) is 0 Å². The van der Waals surface area contributed by atoms with Crippen LogP contribution in [0.5, 0.6) is 11.5 Å². The third-order valence-electron chi connectivity index (χ3n) is 3.96. The summed E-state index contributed by atoms with van der Waals surface area (Å²) in [7, 11) is 5.43. The Balaban J connectivity index is 2.42. The summed E-state index contributed by atoms with van der Waals surface area (Å²) in [5, 5.41) is 9.64. The summed E-state index contributed by atoms with van der Waals surface area (Å²) in [4.78, 5) is 24.7. The number of rotatable bonds is 7. The lowest BCUT2D eigenvalue weighted by molar-refractivity contribution is -0.135. The molecule has 0 radical (unpaired) electrons. The van der Waals surface area contributed by atoms with Gasteiger partial charge in [-0.2, -0.15) is 0 Å². The van der Waals surface area contributed by atoms with Crippen molar-refractivity contribution in [2.45, 2.75) is 5.60 Å². The molecule has 1 aliphatic carbocycles. The van der Waals surface area contributed by atoms with E-state index in [1.165, 1.54) is 58.8 Å². The molecule has 0 amide bonds. The first-order valence-corrected chi connectivity index (χ1v) is 7.63. The molecule has 26 heavy (non-hydrogen) atoms. The fourth-order valence-electron chi connectivity index (χ4n) is 2.66. The number of carbonyl (C=O) groups excluding carboxylic acids is 2. The summed E-state index contributed by atoms with van der Waals surface area (Å²) in [6.45, 7) is 0. The molecule has 0 bridgehead atoms. The summed E-state index contributed by atoms with van der Waals surface area (Å²) >= 11 is 0. The monoisotopic (exact) mass is 360 g/mol. The van der Waals surface area contributed by atoms with E-state index in [4.69, 9.17) is 18.9 Å². The molecule has 0 spiro atoms. The van der Waals surface area contributed by atoms with E-state index < -0.39 is 11.4 Å². The molecule has 0 unspecified atom stereocenters. The van der Waals surface area contributed by atoms with E-state index in [1.54, 1.807) is 12.1 Å². The maximum atomic E-state index is 12.9. The second-order valence-corrected chi connectivity index (χ2v) is 5.34. The number of carbonyl (C=O) groups is 2. The zero-order valence-electron chi connectivity index (χ0n) is 14.9. The SMILES string of the molecule is COC1=CC(=O)C=C(OC)C1(OC)C(=O)C=Cc1ccc(O)c(OC)c1. The van der Waals surface area contributed by atoms with Gasteiger partial charge in [-0.25, -0.2) is 0 Å². The molecule has 138 valence electrons. The molecule has 0 fully saturated rings. The van der Waals surface area contributed by atoms with Gasteiger partial charge in [0.2, 0.25) is 11.4 Å². The summed E-state index contributed by atoms with van der Waals surface area (Å²) in [5.41, 5.74) is -1.06. The summed E-state index contributed by atoms with van der Waals surface area (Å²) < 4.78 is 20.9. The van der Waals surface area contributed by atoms with Gasteiger partial charge in [0, 0.05) is 19.3 Å². The van der Waals surface area contributed by atoms with Gasteiger partial charge in [-0.3, -0.25) is 9.59 Å². The molecule has 0 atom stereocenters. The Hall–Kier alpha value is -3.06. The molecule has 1 aromatic rings.